The highest BCUT2D eigenvalue weighted by Gasteiger charge is 2.05. The number of anilines is 1. The molecule has 0 heterocycles. The number of halogens is 1. The van der Waals surface area contributed by atoms with Crippen molar-refractivity contribution in [2.75, 3.05) is 32.1 Å². The van der Waals surface area contributed by atoms with E-state index in [1.807, 2.05) is 49.3 Å². The first-order chi connectivity index (χ1) is 11.6. The Kier molecular flexibility index (Phi) is 6.53. The number of benzene rings is 2. The van der Waals surface area contributed by atoms with Crippen molar-refractivity contribution in [2.45, 2.75) is 0 Å². The van der Waals surface area contributed by atoms with Crippen LogP contribution in [-0.2, 0) is 0 Å². The lowest BCUT2D eigenvalue weighted by Gasteiger charge is -2.13. The molecule has 0 unspecified atom stereocenters. The zero-order valence-electron chi connectivity index (χ0n) is 13.7. The lowest BCUT2D eigenvalue weighted by Crippen LogP contribution is -2.24. The Morgan fingerprint density at radius 3 is 2.71 bits per heavy atom. The Hall–Kier alpha value is -2.64. The fourth-order valence-electron chi connectivity index (χ4n) is 1.94. The molecule has 0 aromatic heterocycles. The molecule has 0 atom stereocenters. The second-order valence-electron chi connectivity index (χ2n) is 5.20. The summed E-state index contributed by atoms with van der Waals surface area (Å²) in [5.41, 5.74) is 1.58. The standard InChI is InChI=1S/C19H19ClN2O2/c1-22(2)16-9-7-8-15(14-16)19(23)21-12-5-6-13-24-18-11-4-3-10-17(18)20/h3-4,7-11,14H,12-13H2,1-2H3,(H,21,23). The summed E-state index contributed by atoms with van der Waals surface area (Å²) in [4.78, 5) is 14.0. The van der Waals surface area contributed by atoms with Gasteiger partial charge in [0.2, 0.25) is 0 Å². The molecule has 1 N–H and O–H groups in total. The average Bonchev–Trinajstić information content (AvgIpc) is 2.59. The van der Waals surface area contributed by atoms with Gasteiger partial charge >= 0.3 is 0 Å². The molecule has 2 aromatic rings. The molecule has 0 aliphatic rings. The van der Waals surface area contributed by atoms with Crippen molar-refractivity contribution in [2.24, 2.45) is 0 Å². The molecule has 0 saturated heterocycles. The van der Waals surface area contributed by atoms with E-state index < -0.39 is 0 Å². The van der Waals surface area contributed by atoms with Gasteiger partial charge in [0, 0.05) is 25.3 Å². The number of amides is 1. The third-order valence-electron chi connectivity index (χ3n) is 3.22. The Morgan fingerprint density at radius 2 is 1.96 bits per heavy atom. The molecule has 24 heavy (non-hydrogen) atoms. The summed E-state index contributed by atoms with van der Waals surface area (Å²) in [6, 6.07) is 14.6. The number of hydrogen-bond acceptors (Lipinski definition) is 3. The maximum absolute atomic E-state index is 12.1. The van der Waals surface area contributed by atoms with E-state index in [1.165, 1.54) is 0 Å². The van der Waals surface area contributed by atoms with Crippen LogP contribution in [0.1, 0.15) is 10.4 Å². The Morgan fingerprint density at radius 1 is 1.17 bits per heavy atom. The minimum absolute atomic E-state index is 0.153. The molecule has 0 aliphatic heterocycles. The lowest BCUT2D eigenvalue weighted by molar-refractivity contribution is 0.0958. The molecule has 2 aromatic carbocycles. The zero-order chi connectivity index (χ0) is 17.4. The first-order valence-electron chi connectivity index (χ1n) is 7.46. The smallest absolute Gasteiger partial charge is 0.252 e. The highest BCUT2D eigenvalue weighted by molar-refractivity contribution is 6.32. The van der Waals surface area contributed by atoms with Gasteiger partial charge in [-0.15, -0.1) is 0 Å². The monoisotopic (exact) mass is 342 g/mol. The van der Waals surface area contributed by atoms with Crippen molar-refractivity contribution in [3.8, 4) is 17.6 Å². The van der Waals surface area contributed by atoms with Crippen molar-refractivity contribution in [1.82, 2.24) is 5.32 Å². The van der Waals surface area contributed by atoms with Gasteiger partial charge in [-0.2, -0.15) is 0 Å². The molecule has 0 fully saturated rings. The van der Waals surface area contributed by atoms with E-state index in [4.69, 9.17) is 16.3 Å². The van der Waals surface area contributed by atoms with Crippen LogP contribution in [0.4, 0.5) is 5.69 Å². The van der Waals surface area contributed by atoms with Gasteiger partial charge in [-0.25, -0.2) is 0 Å². The first-order valence-corrected chi connectivity index (χ1v) is 7.84. The van der Waals surface area contributed by atoms with Gasteiger partial charge in [0.1, 0.15) is 12.4 Å². The van der Waals surface area contributed by atoms with Crippen molar-refractivity contribution in [3.05, 3.63) is 59.1 Å². The second-order valence-corrected chi connectivity index (χ2v) is 5.61. The van der Waals surface area contributed by atoms with Gasteiger partial charge < -0.3 is 15.0 Å². The lowest BCUT2D eigenvalue weighted by atomic mass is 10.2. The maximum Gasteiger partial charge on any atom is 0.252 e. The van der Waals surface area contributed by atoms with Crippen LogP contribution >= 0.6 is 11.6 Å². The third kappa shape index (κ3) is 5.22. The van der Waals surface area contributed by atoms with E-state index in [2.05, 4.69) is 17.2 Å². The number of hydrogen-bond donors (Lipinski definition) is 1. The number of para-hydroxylation sites is 1. The Labute approximate surface area is 147 Å². The molecular weight excluding hydrogens is 324 g/mol. The first kappa shape index (κ1) is 17.7. The minimum Gasteiger partial charge on any atom is -0.479 e. The van der Waals surface area contributed by atoms with Crippen molar-refractivity contribution in [1.29, 1.82) is 0 Å². The topological polar surface area (TPSA) is 41.6 Å². The van der Waals surface area contributed by atoms with Gasteiger partial charge in [-0.1, -0.05) is 41.6 Å². The molecule has 0 aliphatic carbocycles. The van der Waals surface area contributed by atoms with E-state index in [9.17, 15) is 4.79 Å². The second kappa shape index (κ2) is 8.85. The summed E-state index contributed by atoms with van der Waals surface area (Å²) in [6.07, 6.45) is 0. The van der Waals surface area contributed by atoms with E-state index in [-0.39, 0.29) is 19.1 Å². The summed E-state index contributed by atoms with van der Waals surface area (Å²) in [5, 5.41) is 3.31. The molecule has 0 saturated carbocycles. The van der Waals surface area contributed by atoms with Gasteiger partial charge in [0.15, 0.2) is 0 Å². The van der Waals surface area contributed by atoms with E-state index in [0.29, 0.717) is 16.3 Å². The fourth-order valence-corrected chi connectivity index (χ4v) is 2.13. The summed E-state index contributed by atoms with van der Waals surface area (Å²) in [5.74, 6) is 6.14. The number of carbonyl (C=O) groups is 1. The molecule has 0 radical (unpaired) electrons. The molecule has 4 nitrogen and oxygen atoms in total. The fraction of sp³-hybridized carbons (Fsp3) is 0.211. The minimum atomic E-state index is -0.153. The van der Waals surface area contributed by atoms with Crippen molar-refractivity contribution >= 4 is 23.2 Å². The van der Waals surface area contributed by atoms with Crippen LogP contribution in [0, 0.1) is 11.8 Å². The molecular formula is C19H19ClN2O2. The number of nitrogens with zero attached hydrogens (tertiary/aromatic N) is 1. The van der Waals surface area contributed by atoms with Crippen molar-refractivity contribution < 1.29 is 9.53 Å². The number of rotatable bonds is 5. The van der Waals surface area contributed by atoms with Crippen LogP contribution in [0.5, 0.6) is 5.75 Å². The molecule has 1 amide bonds. The van der Waals surface area contributed by atoms with Gasteiger partial charge in [0.25, 0.3) is 5.91 Å². The van der Waals surface area contributed by atoms with E-state index >= 15 is 0 Å². The molecule has 2 rings (SSSR count). The molecule has 0 bridgehead atoms. The largest absolute Gasteiger partial charge is 0.479 e. The summed E-state index contributed by atoms with van der Waals surface area (Å²) >= 11 is 5.98. The van der Waals surface area contributed by atoms with Gasteiger partial charge in [0.05, 0.1) is 11.6 Å². The van der Waals surface area contributed by atoms with Crippen LogP contribution in [0.25, 0.3) is 0 Å². The number of ether oxygens (including phenoxy) is 1. The maximum atomic E-state index is 12.1. The molecule has 124 valence electrons. The van der Waals surface area contributed by atoms with Gasteiger partial charge in [-0.3, -0.25) is 4.79 Å². The van der Waals surface area contributed by atoms with Crippen LogP contribution < -0.4 is 15.0 Å². The quantitative estimate of drug-likeness (QED) is 0.848. The number of carbonyl (C=O) groups excluding carboxylic acids is 1. The molecule has 0 spiro atoms. The van der Waals surface area contributed by atoms with E-state index in [1.54, 1.807) is 18.2 Å². The highest BCUT2D eigenvalue weighted by Crippen LogP contribution is 2.22. The highest BCUT2D eigenvalue weighted by atomic mass is 35.5. The zero-order valence-corrected chi connectivity index (χ0v) is 14.4. The predicted octanol–water partition coefficient (Wildman–Crippen LogP) is 3.22. The summed E-state index contributed by atoms with van der Waals surface area (Å²) in [6.45, 7) is 0.479. The van der Waals surface area contributed by atoms with Crippen molar-refractivity contribution in [3.63, 3.8) is 0 Å². The average molecular weight is 343 g/mol. The summed E-state index contributed by atoms with van der Waals surface area (Å²) < 4.78 is 5.45. The van der Waals surface area contributed by atoms with E-state index in [0.717, 1.165) is 5.69 Å². The van der Waals surface area contributed by atoms with Crippen LogP contribution in [0.2, 0.25) is 5.02 Å². The Balaban J connectivity index is 1.79. The molecule has 5 heteroatoms. The normalized spacial score (nSPS) is 9.62. The SMILES string of the molecule is CN(C)c1cccc(C(=O)NCC#CCOc2ccccc2Cl)c1. The Bertz CT molecular complexity index is 763. The third-order valence-corrected chi connectivity index (χ3v) is 3.54. The van der Waals surface area contributed by atoms with Crippen LogP contribution in [-0.4, -0.2) is 33.2 Å². The van der Waals surface area contributed by atoms with Crippen LogP contribution in [0.3, 0.4) is 0 Å². The van der Waals surface area contributed by atoms with Gasteiger partial charge in [-0.05, 0) is 30.3 Å². The summed E-state index contributed by atoms with van der Waals surface area (Å²) in [7, 11) is 3.86. The number of nitrogens with one attached hydrogen (secondary N) is 1. The van der Waals surface area contributed by atoms with Crippen LogP contribution in [0.15, 0.2) is 48.5 Å². The predicted molar refractivity (Wildman–Crippen MR) is 97.8 cm³/mol.